The summed E-state index contributed by atoms with van der Waals surface area (Å²) in [5.41, 5.74) is 0. The topological polar surface area (TPSA) is 69.2 Å². The van der Waals surface area contributed by atoms with E-state index in [1.165, 1.54) is 7.11 Å². The van der Waals surface area contributed by atoms with Crippen LogP contribution in [0.1, 0.15) is 0 Å². The number of carbonyl (C=O) groups excluding carboxylic acids is 1. The number of ether oxygens (including phenoxy) is 3. The molecule has 2 aliphatic heterocycles. The van der Waals surface area contributed by atoms with Crippen molar-refractivity contribution in [3.8, 4) is 0 Å². The largest absolute Gasteiger partial charge is 0.477 e. The van der Waals surface area contributed by atoms with Crippen LogP contribution in [0.3, 0.4) is 0 Å². The van der Waals surface area contributed by atoms with Crippen LogP contribution in [-0.4, -0.2) is 57.4 Å². The van der Waals surface area contributed by atoms with E-state index in [9.17, 15) is 4.79 Å². The lowest BCUT2D eigenvalue weighted by Gasteiger charge is -2.22. The van der Waals surface area contributed by atoms with Crippen LogP contribution >= 0.6 is 0 Å². The van der Waals surface area contributed by atoms with Crippen LogP contribution in [0.25, 0.3) is 0 Å². The SMILES string of the molecule is COC(=O)C1COC(C2COCCN2)=N1. The van der Waals surface area contributed by atoms with Crippen molar-refractivity contribution >= 4 is 11.9 Å². The molecule has 6 heteroatoms. The maximum Gasteiger partial charge on any atom is 0.334 e. The van der Waals surface area contributed by atoms with Crippen LogP contribution in [0.5, 0.6) is 0 Å². The average Bonchev–Trinajstić information content (AvgIpc) is 2.78. The van der Waals surface area contributed by atoms with Crippen LogP contribution in [-0.2, 0) is 19.0 Å². The standard InChI is InChI=1S/C9H14N2O4/c1-13-9(12)7-5-15-8(11-7)6-4-14-3-2-10-6/h6-7,10H,2-5H2,1H3. The van der Waals surface area contributed by atoms with E-state index in [4.69, 9.17) is 9.47 Å². The highest BCUT2D eigenvalue weighted by molar-refractivity contribution is 5.88. The Kier molecular flexibility index (Phi) is 3.17. The Morgan fingerprint density at radius 2 is 2.47 bits per heavy atom. The smallest absolute Gasteiger partial charge is 0.334 e. The van der Waals surface area contributed by atoms with Crippen molar-refractivity contribution in [2.45, 2.75) is 12.1 Å². The van der Waals surface area contributed by atoms with Crippen LogP contribution in [0.2, 0.25) is 0 Å². The summed E-state index contributed by atoms with van der Waals surface area (Å²) in [7, 11) is 1.35. The van der Waals surface area contributed by atoms with E-state index in [2.05, 4.69) is 15.0 Å². The summed E-state index contributed by atoms with van der Waals surface area (Å²) in [6.07, 6.45) is 0. The molecule has 84 valence electrons. The fourth-order valence-electron chi connectivity index (χ4n) is 1.56. The molecule has 2 heterocycles. The first-order valence-corrected chi connectivity index (χ1v) is 4.90. The van der Waals surface area contributed by atoms with Crippen LogP contribution in [0.4, 0.5) is 0 Å². The molecule has 2 atom stereocenters. The summed E-state index contributed by atoms with van der Waals surface area (Å²) in [5.74, 6) is 0.187. The highest BCUT2D eigenvalue weighted by Crippen LogP contribution is 2.10. The monoisotopic (exact) mass is 214 g/mol. The van der Waals surface area contributed by atoms with Gasteiger partial charge in [-0.15, -0.1) is 0 Å². The van der Waals surface area contributed by atoms with E-state index in [-0.39, 0.29) is 18.6 Å². The molecule has 0 aliphatic carbocycles. The summed E-state index contributed by atoms with van der Waals surface area (Å²) in [6, 6.07) is -0.554. The van der Waals surface area contributed by atoms with Gasteiger partial charge >= 0.3 is 5.97 Å². The van der Waals surface area contributed by atoms with Gasteiger partial charge in [-0.2, -0.15) is 0 Å². The average molecular weight is 214 g/mol. The molecular weight excluding hydrogens is 200 g/mol. The Labute approximate surface area is 87.6 Å². The molecule has 2 aliphatic rings. The molecule has 0 aromatic heterocycles. The van der Waals surface area contributed by atoms with Gasteiger partial charge in [-0.1, -0.05) is 0 Å². The van der Waals surface area contributed by atoms with Crippen LogP contribution in [0, 0.1) is 0 Å². The fraction of sp³-hybridized carbons (Fsp3) is 0.778. The third-order valence-electron chi connectivity index (χ3n) is 2.37. The summed E-state index contributed by atoms with van der Waals surface area (Å²) in [5, 5.41) is 3.21. The lowest BCUT2D eigenvalue weighted by atomic mass is 10.3. The van der Waals surface area contributed by atoms with E-state index in [1.54, 1.807) is 0 Å². The van der Waals surface area contributed by atoms with Gasteiger partial charge in [0, 0.05) is 6.54 Å². The normalized spacial score (nSPS) is 30.6. The molecule has 15 heavy (non-hydrogen) atoms. The van der Waals surface area contributed by atoms with Crippen molar-refractivity contribution in [2.75, 3.05) is 33.5 Å². The second-order valence-corrected chi connectivity index (χ2v) is 3.40. The molecule has 1 N–H and O–H groups in total. The summed E-state index contributed by atoms with van der Waals surface area (Å²) < 4.78 is 15.2. The summed E-state index contributed by atoms with van der Waals surface area (Å²) in [4.78, 5) is 15.3. The Hall–Kier alpha value is -1.14. The van der Waals surface area contributed by atoms with Crippen molar-refractivity contribution in [3.05, 3.63) is 0 Å². The first-order valence-electron chi connectivity index (χ1n) is 4.90. The Balaban J connectivity index is 1.95. The number of esters is 1. The fourth-order valence-corrected chi connectivity index (χ4v) is 1.56. The van der Waals surface area contributed by atoms with Crippen molar-refractivity contribution in [1.29, 1.82) is 0 Å². The number of aliphatic imine (C=N–C) groups is 1. The van der Waals surface area contributed by atoms with Gasteiger partial charge in [0.25, 0.3) is 0 Å². The maximum absolute atomic E-state index is 11.2. The van der Waals surface area contributed by atoms with Gasteiger partial charge in [0.05, 0.1) is 20.3 Å². The van der Waals surface area contributed by atoms with Gasteiger partial charge in [0.1, 0.15) is 12.6 Å². The maximum atomic E-state index is 11.2. The second-order valence-electron chi connectivity index (χ2n) is 3.40. The minimum absolute atomic E-state index is 0.0339. The third-order valence-corrected chi connectivity index (χ3v) is 2.37. The molecule has 0 aromatic carbocycles. The predicted octanol–water partition coefficient (Wildman–Crippen LogP) is -1.05. The number of morpholine rings is 1. The Bertz CT molecular complexity index is 273. The van der Waals surface area contributed by atoms with Crippen molar-refractivity contribution < 1.29 is 19.0 Å². The van der Waals surface area contributed by atoms with Gasteiger partial charge in [-0.25, -0.2) is 9.79 Å². The molecule has 6 nitrogen and oxygen atoms in total. The van der Waals surface area contributed by atoms with Crippen molar-refractivity contribution in [2.24, 2.45) is 4.99 Å². The van der Waals surface area contributed by atoms with Gasteiger partial charge in [0.2, 0.25) is 5.90 Å². The Morgan fingerprint density at radius 3 is 3.13 bits per heavy atom. The van der Waals surface area contributed by atoms with Crippen molar-refractivity contribution in [3.63, 3.8) is 0 Å². The number of methoxy groups -OCH3 is 1. The molecule has 1 saturated heterocycles. The number of rotatable bonds is 2. The zero-order valence-electron chi connectivity index (χ0n) is 8.56. The minimum Gasteiger partial charge on any atom is -0.477 e. The Morgan fingerprint density at radius 1 is 1.60 bits per heavy atom. The van der Waals surface area contributed by atoms with E-state index in [0.29, 0.717) is 19.1 Å². The molecule has 0 aromatic rings. The lowest BCUT2D eigenvalue weighted by Crippen LogP contribution is -2.46. The number of carbonyl (C=O) groups is 1. The highest BCUT2D eigenvalue weighted by atomic mass is 16.5. The predicted molar refractivity (Wildman–Crippen MR) is 51.8 cm³/mol. The molecule has 0 amide bonds. The van der Waals surface area contributed by atoms with E-state index >= 15 is 0 Å². The van der Waals surface area contributed by atoms with Gasteiger partial charge < -0.3 is 19.5 Å². The number of hydrogen-bond donors (Lipinski definition) is 1. The molecule has 1 fully saturated rings. The molecule has 2 rings (SSSR count). The van der Waals surface area contributed by atoms with Gasteiger partial charge in [-0.3, -0.25) is 0 Å². The van der Waals surface area contributed by atoms with E-state index in [1.807, 2.05) is 0 Å². The van der Waals surface area contributed by atoms with E-state index < -0.39 is 6.04 Å². The minimum atomic E-state index is -0.520. The zero-order chi connectivity index (χ0) is 10.7. The van der Waals surface area contributed by atoms with Crippen LogP contribution < -0.4 is 5.32 Å². The molecule has 0 spiro atoms. The molecule has 0 bridgehead atoms. The first-order chi connectivity index (χ1) is 7.31. The van der Waals surface area contributed by atoms with Crippen LogP contribution in [0.15, 0.2) is 4.99 Å². The second kappa shape index (κ2) is 4.59. The number of nitrogens with one attached hydrogen (secondary N) is 1. The number of nitrogens with zero attached hydrogens (tertiary/aromatic N) is 1. The van der Waals surface area contributed by atoms with E-state index in [0.717, 1.165) is 6.54 Å². The van der Waals surface area contributed by atoms with Crippen molar-refractivity contribution in [1.82, 2.24) is 5.32 Å². The molecule has 2 unspecified atom stereocenters. The summed E-state index contributed by atoms with van der Waals surface area (Å²) >= 11 is 0. The first kappa shape index (κ1) is 10.4. The van der Waals surface area contributed by atoms with Gasteiger partial charge in [-0.05, 0) is 0 Å². The molecule has 0 saturated carbocycles. The molecule has 0 radical (unpaired) electrons. The third kappa shape index (κ3) is 2.27. The number of hydrogen-bond acceptors (Lipinski definition) is 6. The lowest BCUT2D eigenvalue weighted by molar-refractivity contribution is -0.142. The summed E-state index contributed by atoms with van der Waals surface area (Å²) in [6.45, 7) is 2.27. The zero-order valence-corrected chi connectivity index (χ0v) is 8.56. The highest BCUT2D eigenvalue weighted by Gasteiger charge is 2.31. The van der Waals surface area contributed by atoms with Gasteiger partial charge in [0.15, 0.2) is 6.04 Å². The quantitative estimate of drug-likeness (QED) is 0.594. The molecular formula is C9H14N2O4.